The minimum absolute atomic E-state index is 0.150. The molecule has 96 valence electrons. The fraction of sp³-hybridized carbons (Fsp3) is 0.833. The monoisotopic (exact) mass is 240 g/mol. The van der Waals surface area contributed by atoms with Gasteiger partial charge in [-0.2, -0.15) is 0 Å². The van der Waals surface area contributed by atoms with Gasteiger partial charge >= 0.3 is 5.97 Å². The van der Waals surface area contributed by atoms with E-state index in [0.717, 1.165) is 25.8 Å². The first-order valence-corrected chi connectivity index (χ1v) is 6.36. The molecule has 1 aliphatic carbocycles. The third-order valence-electron chi connectivity index (χ3n) is 3.93. The minimum Gasteiger partial charge on any atom is -0.480 e. The highest BCUT2D eigenvalue weighted by Gasteiger charge is 2.52. The summed E-state index contributed by atoms with van der Waals surface area (Å²) in [4.78, 5) is 23.0. The third-order valence-corrected chi connectivity index (χ3v) is 3.93. The van der Waals surface area contributed by atoms with E-state index in [0.29, 0.717) is 18.8 Å². The standard InChI is InChI=1S/C12H20N2O3/c1-2-8-3-6-13-9(7-8)10(15)14-12(4-5-12)11(16)17/h8-9,13H,2-7H2,1H3,(H,14,15)(H,16,17). The van der Waals surface area contributed by atoms with Gasteiger partial charge in [-0.3, -0.25) is 4.79 Å². The molecule has 2 rings (SSSR count). The van der Waals surface area contributed by atoms with Crippen LogP contribution in [-0.2, 0) is 9.59 Å². The molecule has 1 heterocycles. The van der Waals surface area contributed by atoms with Gasteiger partial charge in [-0.15, -0.1) is 0 Å². The van der Waals surface area contributed by atoms with E-state index in [4.69, 9.17) is 5.11 Å². The Hall–Kier alpha value is -1.10. The second kappa shape index (κ2) is 4.64. The summed E-state index contributed by atoms with van der Waals surface area (Å²) in [6.45, 7) is 2.97. The number of hydrogen-bond acceptors (Lipinski definition) is 3. The molecule has 2 aliphatic rings. The molecule has 2 fully saturated rings. The van der Waals surface area contributed by atoms with Crippen LogP contribution in [0.15, 0.2) is 0 Å². The average Bonchev–Trinajstić information content (AvgIpc) is 3.10. The summed E-state index contributed by atoms with van der Waals surface area (Å²) in [5.41, 5.74) is -0.960. The molecule has 0 bridgehead atoms. The Labute approximate surface area is 101 Å². The first-order chi connectivity index (χ1) is 8.07. The maximum absolute atomic E-state index is 12.0. The summed E-state index contributed by atoms with van der Waals surface area (Å²) >= 11 is 0. The van der Waals surface area contributed by atoms with Crippen LogP contribution in [0.4, 0.5) is 0 Å². The van der Waals surface area contributed by atoms with E-state index < -0.39 is 11.5 Å². The van der Waals surface area contributed by atoms with Gasteiger partial charge in [0.2, 0.25) is 5.91 Å². The molecular formula is C12H20N2O3. The van der Waals surface area contributed by atoms with Gasteiger partial charge in [0.15, 0.2) is 0 Å². The Morgan fingerprint density at radius 3 is 2.71 bits per heavy atom. The average molecular weight is 240 g/mol. The lowest BCUT2D eigenvalue weighted by Gasteiger charge is -2.29. The highest BCUT2D eigenvalue weighted by molar-refractivity contribution is 5.91. The lowest BCUT2D eigenvalue weighted by Crippen LogP contribution is -2.54. The molecule has 0 aromatic rings. The summed E-state index contributed by atoms with van der Waals surface area (Å²) in [6, 6.07) is -0.217. The Bertz CT molecular complexity index is 326. The summed E-state index contributed by atoms with van der Waals surface area (Å²) in [5, 5.41) is 14.9. The summed E-state index contributed by atoms with van der Waals surface area (Å²) in [5.74, 6) is -0.483. The maximum Gasteiger partial charge on any atom is 0.329 e. The van der Waals surface area contributed by atoms with E-state index in [-0.39, 0.29) is 11.9 Å². The van der Waals surface area contributed by atoms with Crippen LogP contribution in [-0.4, -0.2) is 35.1 Å². The fourth-order valence-electron chi connectivity index (χ4n) is 2.41. The molecule has 2 atom stereocenters. The summed E-state index contributed by atoms with van der Waals surface area (Å²) in [6.07, 6.45) is 4.11. The molecule has 1 amide bonds. The van der Waals surface area contributed by atoms with Gasteiger partial charge in [0.25, 0.3) is 0 Å². The van der Waals surface area contributed by atoms with E-state index in [1.807, 2.05) is 0 Å². The van der Waals surface area contributed by atoms with Crippen molar-refractivity contribution in [2.45, 2.75) is 50.6 Å². The molecule has 0 aromatic carbocycles. The number of rotatable bonds is 4. The molecule has 1 aliphatic heterocycles. The smallest absolute Gasteiger partial charge is 0.329 e. The number of carboxylic acids is 1. The maximum atomic E-state index is 12.0. The van der Waals surface area contributed by atoms with E-state index >= 15 is 0 Å². The lowest BCUT2D eigenvalue weighted by molar-refractivity contribution is -0.143. The van der Waals surface area contributed by atoms with E-state index in [1.54, 1.807) is 0 Å². The van der Waals surface area contributed by atoms with Gasteiger partial charge in [0, 0.05) is 0 Å². The van der Waals surface area contributed by atoms with E-state index in [2.05, 4.69) is 17.6 Å². The molecule has 1 saturated carbocycles. The topological polar surface area (TPSA) is 78.4 Å². The van der Waals surface area contributed by atoms with Crippen LogP contribution < -0.4 is 10.6 Å². The SMILES string of the molecule is CCC1CCNC(C(=O)NC2(C(=O)O)CC2)C1. The number of aliphatic carboxylic acids is 1. The van der Waals surface area contributed by atoms with Gasteiger partial charge in [-0.1, -0.05) is 13.3 Å². The van der Waals surface area contributed by atoms with Gasteiger partial charge in [-0.05, 0) is 38.1 Å². The molecule has 2 unspecified atom stereocenters. The van der Waals surface area contributed by atoms with Crippen molar-refractivity contribution < 1.29 is 14.7 Å². The van der Waals surface area contributed by atoms with Crippen LogP contribution in [0.5, 0.6) is 0 Å². The number of hydrogen-bond donors (Lipinski definition) is 3. The molecular weight excluding hydrogens is 220 g/mol. The van der Waals surface area contributed by atoms with Crippen LogP contribution >= 0.6 is 0 Å². The van der Waals surface area contributed by atoms with Gasteiger partial charge < -0.3 is 15.7 Å². The Morgan fingerprint density at radius 1 is 1.47 bits per heavy atom. The van der Waals surface area contributed by atoms with E-state index in [9.17, 15) is 9.59 Å². The predicted molar refractivity (Wildman–Crippen MR) is 62.5 cm³/mol. The van der Waals surface area contributed by atoms with Crippen molar-refractivity contribution in [2.24, 2.45) is 5.92 Å². The number of carbonyl (C=O) groups excluding carboxylic acids is 1. The molecule has 0 aromatic heterocycles. The normalized spacial score (nSPS) is 30.6. The van der Waals surface area contributed by atoms with Crippen molar-refractivity contribution in [1.29, 1.82) is 0 Å². The van der Waals surface area contributed by atoms with Crippen molar-refractivity contribution in [1.82, 2.24) is 10.6 Å². The molecule has 0 radical (unpaired) electrons. The van der Waals surface area contributed by atoms with E-state index in [1.165, 1.54) is 0 Å². The predicted octanol–water partition coefficient (Wildman–Crippen LogP) is 0.498. The Balaban J connectivity index is 1.89. The third kappa shape index (κ3) is 2.60. The Kier molecular flexibility index (Phi) is 3.38. The number of carboxylic acid groups (broad SMARTS) is 1. The number of nitrogens with one attached hydrogen (secondary N) is 2. The summed E-state index contributed by atoms with van der Waals surface area (Å²) in [7, 11) is 0. The minimum atomic E-state index is -0.960. The second-order valence-electron chi connectivity index (χ2n) is 5.18. The molecule has 17 heavy (non-hydrogen) atoms. The zero-order chi connectivity index (χ0) is 12.5. The Morgan fingerprint density at radius 2 is 2.18 bits per heavy atom. The zero-order valence-electron chi connectivity index (χ0n) is 10.2. The highest BCUT2D eigenvalue weighted by Crippen LogP contribution is 2.35. The van der Waals surface area contributed by atoms with Crippen LogP contribution in [0, 0.1) is 5.92 Å². The first kappa shape index (κ1) is 12.4. The van der Waals surface area contributed by atoms with Gasteiger partial charge in [0.05, 0.1) is 6.04 Å². The number of carbonyl (C=O) groups is 2. The van der Waals surface area contributed by atoms with Crippen molar-refractivity contribution in [3.63, 3.8) is 0 Å². The van der Waals surface area contributed by atoms with Crippen LogP contribution in [0.25, 0.3) is 0 Å². The fourth-order valence-corrected chi connectivity index (χ4v) is 2.41. The molecule has 5 heteroatoms. The van der Waals surface area contributed by atoms with Gasteiger partial charge in [-0.25, -0.2) is 4.79 Å². The van der Waals surface area contributed by atoms with Crippen molar-refractivity contribution in [2.75, 3.05) is 6.54 Å². The van der Waals surface area contributed by atoms with Crippen molar-refractivity contribution in [3.05, 3.63) is 0 Å². The largest absolute Gasteiger partial charge is 0.480 e. The van der Waals surface area contributed by atoms with Crippen molar-refractivity contribution in [3.8, 4) is 0 Å². The van der Waals surface area contributed by atoms with Gasteiger partial charge in [0.1, 0.15) is 5.54 Å². The number of amides is 1. The quantitative estimate of drug-likeness (QED) is 0.668. The molecule has 1 saturated heterocycles. The molecule has 0 spiro atoms. The lowest BCUT2D eigenvalue weighted by atomic mass is 9.90. The highest BCUT2D eigenvalue weighted by atomic mass is 16.4. The van der Waals surface area contributed by atoms with Crippen LogP contribution in [0.3, 0.4) is 0 Å². The summed E-state index contributed by atoms with van der Waals surface area (Å²) < 4.78 is 0. The van der Waals surface area contributed by atoms with Crippen molar-refractivity contribution >= 4 is 11.9 Å². The number of piperidine rings is 1. The zero-order valence-corrected chi connectivity index (χ0v) is 10.2. The molecule has 3 N–H and O–H groups in total. The van der Waals surface area contributed by atoms with Crippen LogP contribution in [0.1, 0.15) is 39.0 Å². The van der Waals surface area contributed by atoms with Crippen LogP contribution in [0.2, 0.25) is 0 Å². The first-order valence-electron chi connectivity index (χ1n) is 6.36. The second-order valence-corrected chi connectivity index (χ2v) is 5.18. The molecule has 5 nitrogen and oxygen atoms in total.